The van der Waals surface area contributed by atoms with Gasteiger partial charge in [0.05, 0.1) is 35.0 Å². The van der Waals surface area contributed by atoms with Gasteiger partial charge in [-0.05, 0) is 243 Å². The van der Waals surface area contributed by atoms with Crippen molar-refractivity contribution in [2.24, 2.45) is 29.4 Å². The first kappa shape index (κ1) is 107. The largest absolute Gasteiger partial charge is 0.493 e. The molecule has 0 aromatic heterocycles. The summed E-state index contributed by atoms with van der Waals surface area (Å²) in [5.41, 5.74) is 10.5. The molecule has 1 aliphatic heterocycles. The molecule has 690 valence electrons. The van der Waals surface area contributed by atoms with Crippen LogP contribution in [0.5, 0.6) is 46.0 Å². The molecule has 1 saturated heterocycles. The van der Waals surface area contributed by atoms with E-state index >= 15 is 0 Å². The normalized spacial score (nSPS) is 12.7. The number of nitrogens with one attached hydrogen (secondary N) is 4. The van der Waals surface area contributed by atoms with Crippen LogP contribution in [0.25, 0.3) is 0 Å². The minimum atomic E-state index is -0.536. The molecule has 24 heteroatoms. The zero-order valence-electron chi connectivity index (χ0n) is 78.2. The van der Waals surface area contributed by atoms with Gasteiger partial charge in [0, 0.05) is 51.9 Å². The van der Waals surface area contributed by atoms with Gasteiger partial charge in [-0.1, -0.05) is 196 Å². The third-order valence-electron chi connectivity index (χ3n) is 20.3. The lowest BCUT2D eigenvalue weighted by Gasteiger charge is -2.26. The number of ether oxygens (including phenoxy) is 8. The van der Waals surface area contributed by atoms with Crippen LogP contribution < -0.4 is 64.9 Å². The maximum atomic E-state index is 13.3. The van der Waals surface area contributed by atoms with Crippen molar-refractivity contribution in [3.63, 3.8) is 0 Å². The van der Waals surface area contributed by atoms with E-state index < -0.39 is 24.0 Å². The Kier molecular flexibility index (Phi) is 53.1. The molecule has 126 heavy (non-hydrogen) atoms. The first-order valence-electron chi connectivity index (χ1n) is 44.7. The summed E-state index contributed by atoms with van der Waals surface area (Å²) < 4.78 is 43.7. The molecule has 1 aliphatic rings. The highest BCUT2D eigenvalue weighted by Crippen LogP contribution is 2.35. The Labute approximate surface area is 751 Å². The van der Waals surface area contributed by atoms with Crippen LogP contribution in [0.2, 0.25) is 0 Å². The molecule has 0 saturated carbocycles. The quantitative estimate of drug-likeness (QED) is 0.0103. The van der Waals surface area contributed by atoms with Crippen LogP contribution in [-0.2, 0) is 64.5 Å². The van der Waals surface area contributed by atoms with Crippen molar-refractivity contribution in [2.45, 2.75) is 229 Å². The maximum absolute atomic E-state index is 13.3. The highest BCUT2D eigenvalue weighted by molar-refractivity contribution is 5.83. The molecular formula is C102H146N8O16. The van der Waals surface area contributed by atoms with Crippen molar-refractivity contribution in [2.75, 3.05) is 75.8 Å². The fraction of sp³-hybridized carbons (Fsp3) is 0.490. The van der Waals surface area contributed by atoms with Gasteiger partial charge in [-0.2, -0.15) is 0 Å². The second-order valence-corrected chi connectivity index (χ2v) is 32.7. The molecule has 6 aromatic rings. The molecule has 6 N–H and O–H groups in total. The number of esters is 4. The molecule has 4 amide bonds. The van der Waals surface area contributed by atoms with E-state index in [1.807, 2.05) is 130 Å². The lowest BCUT2D eigenvalue weighted by Crippen LogP contribution is -2.38. The lowest BCUT2D eigenvalue weighted by atomic mass is 10.1. The number of hydrogen-bond acceptors (Lipinski definition) is 20. The Balaban J connectivity index is 0.000000355. The Hall–Kier alpha value is -10.9. The van der Waals surface area contributed by atoms with Gasteiger partial charge >= 0.3 is 23.9 Å². The van der Waals surface area contributed by atoms with Gasteiger partial charge in [-0.15, -0.1) is 0 Å². The summed E-state index contributed by atoms with van der Waals surface area (Å²) in [6.45, 7) is 24.9. The topological polar surface area (TPSA) is 294 Å². The van der Waals surface area contributed by atoms with Gasteiger partial charge in [-0.25, -0.2) is 14.4 Å². The number of likely N-dealkylation sites (N-methyl/N-ethyl adjacent to an activating group) is 2. The van der Waals surface area contributed by atoms with E-state index in [-0.39, 0.29) is 48.2 Å². The second kappa shape index (κ2) is 62.3. The van der Waals surface area contributed by atoms with Crippen molar-refractivity contribution < 1.29 is 76.3 Å². The molecule has 0 aliphatic carbocycles. The molecule has 7 rings (SSSR count). The SMILES string of the molecule is CCN(C)C(C)C(=O)Oc1ccc(CNC(=O)CCCC/C=C/C(C)C)cc1OC.COc1cc(CNC(=O)CCCC/C=C/C(C)C)ccc1OC(=O)C(c1ccccc1)N(C)C.COc1cc(CNC(=O)CCCC/C=C/C(C)C)ccc1OC(=O)C(c1ccccc1)N1CCCC1.COc1cc(CNC(=O)CCCC/C=C/C(C)C)ccc1OC(=O)CN. The monoisotopic (exact) mass is 1740 g/mol. The van der Waals surface area contributed by atoms with Gasteiger partial charge in [0.2, 0.25) is 23.6 Å². The summed E-state index contributed by atoms with van der Waals surface area (Å²) >= 11 is 0. The van der Waals surface area contributed by atoms with Gasteiger partial charge in [-0.3, -0.25) is 38.7 Å². The van der Waals surface area contributed by atoms with Gasteiger partial charge in [0.15, 0.2) is 46.0 Å². The van der Waals surface area contributed by atoms with Crippen molar-refractivity contribution in [1.82, 2.24) is 36.0 Å². The Morgan fingerprint density at radius 1 is 0.389 bits per heavy atom. The number of unbranched alkanes of at least 4 members (excludes halogenated alkanes) is 8. The predicted molar refractivity (Wildman–Crippen MR) is 501 cm³/mol. The standard InChI is InChI=1S/C30H40N2O4.C28H38N2O4.C24H38N2O4.C20H30N2O4/c1-23(2)13-7-4-5-10-16-28(33)31-22-24-17-18-26(27(21-24)35-3)36-30(34)29(32-19-11-12-20-32)25-14-8-6-9-15-25;1-21(2)13-9-6-7-12-16-26(31)29-20-22-17-18-24(25(19-22)33-5)34-28(32)27(30(3)4)23-14-10-8-11-15-23;1-7-26(5)19(4)24(28)30-21-15-14-20(16-22(21)29-6)17-25-23(27)13-11-9-8-10-12-18(2)3;1-15(2)8-6-4-5-7-9-19(23)22-14-16-10-11-17(18(12-16)25-3)26-20(24)13-21/h6-9,13-15,17-18,21,23,29H,4-5,10-12,16,19-20,22H2,1-3H3,(H,31,33);8-11,13-15,17-19,21,27H,6-7,12,16,20H2,1-5H3,(H,29,31);10,12,14-16,18-19H,7-9,11,13,17H2,1-6H3,(H,25,27);6,8,10-12,15H,4-5,7,9,13-14,21H2,1-3H3,(H,22,23)/b13-7+;13-9+;12-10+;8-6+. The first-order valence-corrected chi connectivity index (χ1v) is 44.7. The molecule has 0 spiro atoms. The summed E-state index contributed by atoms with van der Waals surface area (Å²) in [4.78, 5) is 104. The average Bonchev–Trinajstić information content (AvgIpc) is 1.46. The summed E-state index contributed by atoms with van der Waals surface area (Å²) in [6, 6.07) is 39.1. The summed E-state index contributed by atoms with van der Waals surface area (Å²) in [6.07, 6.45) is 33.2. The van der Waals surface area contributed by atoms with Crippen LogP contribution in [0.4, 0.5) is 0 Å². The minimum absolute atomic E-state index is 0.0236. The van der Waals surface area contributed by atoms with Gasteiger partial charge in [0.1, 0.15) is 18.1 Å². The Bertz CT molecular complexity index is 4330. The second-order valence-electron chi connectivity index (χ2n) is 32.7. The van der Waals surface area contributed by atoms with E-state index in [1.54, 1.807) is 55.6 Å². The van der Waals surface area contributed by atoms with Crippen LogP contribution in [0, 0.1) is 23.7 Å². The fourth-order valence-electron chi connectivity index (χ4n) is 13.0. The first-order chi connectivity index (χ1) is 60.5. The Morgan fingerprint density at radius 3 is 0.984 bits per heavy atom. The van der Waals surface area contributed by atoms with Gasteiger partial charge in [0.25, 0.3) is 0 Å². The number of methoxy groups -OCH3 is 4. The predicted octanol–water partition coefficient (Wildman–Crippen LogP) is 18.4. The maximum Gasteiger partial charge on any atom is 0.333 e. The number of likely N-dealkylation sites (tertiary alicyclic amines) is 1. The van der Waals surface area contributed by atoms with Crippen molar-refractivity contribution in [1.29, 1.82) is 0 Å². The zero-order valence-corrected chi connectivity index (χ0v) is 78.2. The highest BCUT2D eigenvalue weighted by Gasteiger charge is 2.33. The summed E-state index contributed by atoms with van der Waals surface area (Å²) in [7, 11) is 11.7. The number of amides is 4. The number of nitrogens with two attached hydrogens (primary N) is 1. The number of carbonyl (C=O) groups excluding carboxylic acids is 8. The molecule has 0 bridgehead atoms. The molecule has 1 heterocycles. The van der Waals surface area contributed by atoms with Crippen molar-refractivity contribution >= 4 is 47.5 Å². The van der Waals surface area contributed by atoms with E-state index in [0.717, 1.165) is 143 Å². The number of carbonyl (C=O) groups is 8. The third-order valence-corrected chi connectivity index (χ3v) is 20.3. The highest BCUT2D eigenvalue weighted by atomic mass is 16.6. The van der Waals surface area contributed by atoms with E-state index in [4.69, 9.17) is 43.6 Å². The lowest BCUT2D eigenvalue weighted by molar-refractivity contribution is -0.141. The van der Waals surface area contributed by atoms with Crippen LogP contribution in [-0.4, -0.2) is 144 Å². The fourth-order valence-corrected chi connectivity index (χ4v) is 13.0. The van der Waals surface area contributed by atoms with Crippen LogP contribution in [0.15, 0.2) is 182 Å². The number of nitrogens with zero attached hydrogens (tertiary/aromatic N) is 3. The Morgan fingerprint density at radius 2 is 0.690 bits per heavy atom. The molecule has 3 unspecified atom stereocenters. The summed E-state index contributed by atoms with van der Waals surface area (Å²) in [5, 5.41) is 11.7. The molecule has 3 atom stereocenters. The van der Waals surface area contributed by atoms with Crippen LogP contribution >= 0.6 is 0 Å². The van der Waals surface area contributed by atoms with Crippen molar-refractivity contribution in [3.8, 4) is 46.0 Å². The smallest absolute Gasteiger partial charge is 0.333 e. The average molecular weight is 1740 g/mol. The molecule has 1 fully saturated rings. The molecular weight excluding hydrogens is 1590 g/mol. The number of hydrogen-bond donors (Lipinski definition) is 5. The number of allylic oxidation sites excluding steroid dienone is 8. The zero-order chi connectivity index (χ0) is 92.6. The summed E-state index contributed by atoms with van der Waals surface area (Å²) in [5.74, 6) is 4.06. The van der Waals surface area contributed by atoms with Crippen LogP contribution in [0.1, 0.15) is 230 Å². The number of benzene rings is 6. The third kappa shape index (κ3) is 43.8. The van der Waals surface area contributed by atoms with E-state index in [9.17, 15) is 38.4 Å². The van der Waals surface area contributed by atoms with E-state index in [0.29, 0.717) is 122 Å². The molecule has 24 nitrogen and oxygen atoms in total. The van der Waals surface area contributed by atoms with Crippen LogP contribution in [0.3, 0.4) is 0 Å². The molecule has 6 aromatic carbocycles. The van der Waals surface area contributed by atoms with E-state index in [1.165, 1.54) is 21.3 Å². The van der Waals surface area contributed by atoms with Gasteiger partial charge < -0.3 is 64.9 Å². The number of rotatable bonds is 50. The molecule has 0 radical (unpaired) electrons. The van der Waals surface area contributed by atoms with Crippen molar-refractivity contribution in [3.05, 3.63) is 215 Å². The minimum Gasteiger partial charge on any atom is -0.493 e. The van der Waals surface area contributed by atoms with E-state index in [2.05, 4.69) is 130 Å².